The first-order valence-electron chi connectivity index (χ1n) is 13.8. The van der Waals surface area contributed by atoms with Gasteiger partial charge in [0.15, 0.2) is 0 Å². The van der Waals surface area contributed by atoms with Crippen LogP contribution < -0.4 is 16.8 Å². The Labute approximate surface area is 222 Å². The number of primary amides is 2. The lowest BCUT2D eigenvalue weighted by atomic mass is 9.55. The van der Waals surface area contributed by atoms with E-state index in [9.17, 15) is 14.4 Å². The summed E-state index contributed by atoms with van der Waals surface area (Å²) in [5.74, 6) is -0.358. The average molecular weight is 517 g/mol. The Bertz CT molecular complexity index is 853. The molecule has 37 heavy (non-hydrogen) atoms. The highest BCUT2D eigenvalue weighted by atomic mass is 16.5. The molecule has 0 aromatic heterocycles. The number of hydrogen-bond acceptors (Lipinski definition) is 4. The minimum Gasteiger partial charge on any atom is -0.385 e. The molecule has 1 atom stereocenters. The van der Waals surface area contributed by atoms with Gasteiger partial charge in [0.1, 0.15) is 0 Å². The molecule has 4 amide bonds. The second kappa shape index (κ2) is 15.0. The molecular weight excluding hydrogens is 468 g/mol. The van der Waals surface area contributed by atoms with Crippen LogP contribution in [-0.2, 0) is 19.7 Å². The van der Waals surface area contributed by atoms with E-state index in [0.29, 0.717) is 12.5 Å². The standard InChI is InChI=1S/C29H48N4O4/c1-4-10-23(2)29(24-11-6-5-7-12-24)17-15-28(16-18-29,14-8-9-20-37-3)22-33(27(31)36)19-13-26(35)32-21-25(30)34/h5-7,11-12,23H,4,8-10,13-22H2,1-3H3,(H2,30,34)(H2,31,36)(H,32,35). The van der Waals surface area contributed by atoms with Crippen molar-refractivity contribution in [3.05, 3.63) is 35.9 Å². The zero-order valence-electron chi connectivity index (χ0n) is 23.1. The number of amides is 4. The van der Waals surface area contributed by atoms with Crippen molar-refractivity contribution in [2.24, 2.45) is 22.8 Å². The van der Waals surface area contributed by atoms with Gasteiger partial charge >= 0.3 is 6.03 Å². The van der Waals surface area contributed by atoms with Gasteiger partial charge in [-0.1, -0.05) is 63.4 Å². The number of ether oxygens (including phenoxy) is 1. The maximum atomic E-state index is 12.4. The van der Waals surface area contributed by atoms with Gasteiger partial charge in [-0.05, 0) is 60.8 Å². The Kier molecular flexibility index (Phi) is 12.4. The van der Waals surface area contributed by atoms with Crippen molar-refractivity contribution in [1.82, 2.24) is 10.2 Å². The normalized spacial score (nSPS) is 22.2. The van der Waals surface area contributed by atoms with Crippen LogP contribution in [-0.4, -0.2) is 56.1 Å². The number of carbonyl (C=O) groups excluding carboxylic acids is 3. The second-order valence-corrected chi connectivity index (χ2v) is 10.9. The summed E-state index contributed by atoms with van der Waals surface area (Å²) in [4.78, 5) is 37.2. The van der Waals surface area contributed by atoms with Gasteiger partial charge in [0.2, 0.25) is 11.8 Å². The molecule has 0 bridgehead atoms. The summed E-state index contributed by atoms with van der Waals surface area (Å²) in [5, 5.41) is 2.49. The van der Waals surface area contributed by atoms with Crippen molar-refractivity contribution in [1.29, 1.82) is 0 Å². The van der Waals surface area contributed by atoms with Gasteiger partial charge in [0.25, 0.3) is 0 Å². The molecule has 0 saturated heterocycles. The quantitative estimate of drug-likeness (QED) is 0.286. The van der Waals surface area contributed by atoms with Gasteiger partial charge in [0, 0.05) is 33.2 Å². The topological polar surface area (TPSA) is 128 Å². The molecule has 0 aliphatic heterocycles. The molecule has 1 aliphatic carbocycles. The maximum Gasteiger partial charge on any atom is 0.314 e. The van der Waals surface area contributed by atoms with Gasteiger partial charge < -0.3 is 26.4 Å². The molecule has 208 valence electrons. The Balaban J connectivity index is 2.21. The zero-order chi connectivity index (χ0) is 27.3. The van der Waals surface area contributed by atoms with Crippen LogP contribution in [0.25, 0.3) is 0 Å². The van der Waals surface area contributed by atoms with Crippen LogP contribution in [0, 0.1) is 11.3 Å². The summed E-state index contributed by atoms with van der Waals surface area (Å²) >= 11 is 0. The average Bonchev–Trinajstić information content (AvgIpc) is 2.89. The summed E-state index contributed by atoms with van der Waals surface area (Å²) in [5.41, 5.74) is 12.4. The number of nitrogens with two attached hydrogens (primary N) is 2. The first kappa shape index (κ1) is 30.6. The first-order valence-corrected chi connectivity index (χ1v) is 13.8. The second-order valence-electron chi connectivity index (χ2n) is 10.9. The number of urea groups is 1. The molecule has 0 spiro atoms. The Morgan fingerprint density at radius 1 is 1.08 bits per heavy atom. The predicted octanol–water partition coefficient (Wildman–Crippen LogP) is 4.11. The van der Waals surface area contributed by atoms with E-state index in [4.69, 9.17) is 16.2 Å². The predicted molar refractivity (Wildman–Crippen MR) is 147 cm³/mol. The van der Waals surface area contributed by atoms with Crippen LogP contribution in [0.2, 0.25) is 0 Å². The molecule has 2 rings (SSSR count). The smallest absolute Gasteiger partial charge is 0.314 e. The number of nitrogens with one attached hydrogen (secondary N) is 1. The number of methoxy groups -OCH3 is 1. The zero-order valence-corrected chi connectivity index (χ0v) is 23.1. The van der Waals surface area contributed by atoms with Gasteiger partial charge in [0.05, 0.1) is 6.54 Å². The minimum absolute atomic E-state index is 0.0588. The van der Waals surface area contributed by atoms with Gasteiger partial charge in [-0.3, -0.25) is 9.59 Å². The number of unbranched alkanes of at least 4 members (excludes halogenated alkanes) is 1. The molecule has 0 heterocycles. The van der Waals surface area contributed by atoms with E-state index in [1.54, 1.807) is 12.0 Å². The monoisotopic (exact) mass is 516 g/mol. The molecule has 1 saturated carbocycles. The molecule has 0 radical (unpaired) electrons. The molecule has 5 N–H and O–H groups in total. The van der Waals surface area contributed by atoms with Gasteiger partial charge in [-0.15, -0.1) is 0 Å². The van der Waals surface area contributed by atoms with Crippen molar-refractivity contribution in [2.75, 3.05) is 33.4 Å². The summed E-state index contributed by atoms with van der Waals surface area (Å²) in [6, 6.07) is 10.4. The molecule has 1 unspecified atom stereocenters. The van der Waals surface area contributed by atoms with E-state index in [1.807, 2.05) is 0 Å². The largest absolute Gasteiger partial charge is 0.385 e. The fourth-order valence-corrected chi connectivity index (χ4v) is 6.19. The van der Waals surface area contributed by atoms with Crippen molar-refractivity contribution < 1.29 is 19.1 Å². The summed E-state index contributed by atoms with van der Waals surface area (Å²) in [6.45, 7) is 5.90. The third-order valence-corrected chi connectivity index (χ3v) is 8.43. The lowest BCUT2D eigenvalue weighted by molar-refractivity contribution is -0.125. The first-order chi connectivity index (χ1) is 17.7. The minimum atomic E-state index is -0.600. The molecule has 8 nitrogen and oxygen atoms in total. The fraction of sp³-hybridized carbons (Fsp3) is 0.690. The van der Waals surface area contributed by atoms with E-state index in [0.717, 1.165) is 58.0 Å². The summed E-state index contributed by atoms with van der Waals surface area (Å²) in [7, 11) is 1.72. The van der Waals surface area contributed by atoms with Crippen LogP contribution in [0.5, 0.6) is 0 Å². The highest BCUT2D eigenvalue weighted by molar-refractivity contribution is 5.84. The molecule has 1 aromatic carbocycles. The van der Waals surface area contributed by atoms with Gasteiger partial charge in [-0.25, -0.2) is 4.79 Å². The van der Waals surface area contributed by atoms with Crippen LogP contribution in [0.4, 0.5) is 4.79 Å². The highest BCUT2D eigenvalue weighted by Crippen LogP contribution is 2.53. The van der Waals surface area contributed by atoms with E-state index in [-0.39, 0.29) is 36.2 Å². The third kappa shape index (κ3) is 9.02. The molecule has 1 aromatic rings. The van der Waals surface area contributed by atoms with Crippen molar-refractivity contribution in [3.8, 4) is 0 Å². The molecule has 1 fully saturated rings. The van der Waals surface area contributed by atoms with Crippen LogP contribution >= 0.6 is 0 Å². The molecular formula is C29H48N4O4. The van der Waals surface area contributed by atoms with Crippen LogP contribution in [0.15, 0.2) is 30.3 Å². The Morgan fingerprint density at radius 2 is 1.76 bits per heavy atom. The van der Waals surface area contributed by atoms with E-state index in [2.05, 4.69) is 49.5 Å². The fourth-order valence-electron chi connectivity index (χ4n) is 6.19. The Hall–Kier alpha value is -2.61. The highest BCUT2D eigenvalue weighted by Gasteiger charge is 2.46. The Morgan fingerprint density at radius 3 is 2.32 bits per heavy atom. The van der Waals surface area contributed by atoms with E-state index >= 15 is 0 Å². The van der Waals surface area contributed by atoms with Crippen LogP contribution in [0.1, 0.15) is 83.6 Å². The number of nitrogens with zero attached hydrogens (tertiary/aromatic N) is 1. The van der Waals surface area contributed by atoms with Gasteiger partial charge in [-0.2, -0.15) is 0 Å². The third-order valence-electron chi connectivity index (χ3n) is 8.43. The molecule has 8 heteroatoms. The molecule has 1 aliphatic rings. The lowest BCUT2D eigenvalue weighted by Crippen LogP contribution is -2.49. The van der Waals surface area contributed by atoms with Crippen molar-refractivity contribution in [3.63, 3.8) is 0 Å². The lowest BCUT2D eigenvalue weighted by Gasteiger charge is -2.51. The maximum absolute atomic E-state index is 12.4. The van der Waals surface area contributed by atoms with Crippen LogP contribution in [0.3, 0.4) is 0 Å². The van der Waals surface area contributed by atoms with E-state index in [1.165, 1.54) is 12.0 Å². The number of hydrogen-bond donors (Lipinski definition) is 3. The number of rotatable bonds is 16. The SMILES string of the molecule is CCCC(C)C1(c2ccccc2)CCC(CCCCOC)(CN(CCC(=O)NCC(N)=O)C(N)=O)CC1. The van der Waals surface area contributed by atoms with E-state index < -0.39 is 11.9 Å². The number of carbonyl (C=O) groups is 3. The van der Waals surface area contributed by atoms with Crippen molar-refractivity contribution >= 4 is 17.8 Å². The summed E-state index contributed by atoms with van der Waals surface area (Å²) in [6.07, 6.45) is 9.53. The summed E-state index contributed by atoms with van der Waals surface area (Å²) < 4.78 is 5.28. The number of benzene rings is 1. The van der Waals surface area contributed by atoms with Crippen molar-refractivity contribution in [2.45, 2.75) is 83.5 Å².